The first-order chi connectivity index (χ1) is 21.6. The molecule has 1 saturated heterocycles. The highest BCUT2D eigenvalue weighted by molar-refractivity contribution is 5.95. The molecule has 7 N–H and O–H groups in total. The van der Waals surface area contributed by atoms with Crippen molar-refractivity contribution < 1.29 is 29.0 Å². The van der Waals surface area contributed by atoms with Gasteiger partial charge in [0, 0.05) is 13.0 Å². The Labute approximate surface area is 262 Å². The van der Waals surface area contributed by atoms with Crippen molar-refractivity contribution in [3.8, 4) is 5.75 Å². The standard InChI is InChI=1S/C34H41N5O6/c1-22(45-21-25-11-6-3-7-12-25)30(31(36)41)38-32(42)28(20-23-9-4-2-5-10-23)37-33(43)29-13-8-18-39(29)34(44)27(35)19-24-14-16-26(40)17-15-24/h2-7,9-12,14-17,22,27-30,40H,8,13,18-21,35H2,1H3,(H2,36,41)(H,37,43)(H,38,42)/t22-,27+,28+,29+,30+/m1/s1. The first-order valence-electron chi connectivity index (χ1n) is 15.1. The number of amides is 4. The number of benzene rings is 3. The van der Waals surface area contributed by atoms with Crippen LogP contribution in [-0.2, 0) is 43.4 Å². The molecular formula is C34H41N5O6. The van der Waals surface area contributed by atoms with Gasteiger partial charge in [0.2, 0.25) is 23.6 Å². The van der Waals surface area contributed by atoms with Gasteiger partial charge in [-0.2, -0.15) is 0 Å². The van der Waals surface area contributed by atoms with Gasteiger partial charge in [-0.25, -0.2) is 0 Å². The topological polar surface area (TPSA) is 177 Å². The fourth-order valence-electron chi connectivity index (χ4n) is 5.39. The van der Waals surface area contributed by atoms with E-state index in [0.717, 1.165) is 16.7 Å². The van der Waals surface area contributed by atoms with Gasteiger partial charge in [0.15, 0.2) is 0 Å². The summed E-state index contributed by atoms with van der Waals surface area (Å²) in [5.74, 6) is -2.13. The zero-order chi connectivity index (χ0) is 32.3. The average molecular weight is 616 g/mol. The smallest absolute Gasteiger partial charge is 0.243 e. The molecule has 4 rings (SSSR count). The lowest BCUT2D eigenvalue weighted by molar-refractivity contribution is -0.140. The van der Waals surface area contributed by atoms with Crippen LogP contribution in [0.1, 0.15) is 36.5 Å². The van der Waals surface area contributed by atoms with E-state index < -0.39 is 48.0 Å². The Bertz CT molecular complexity index is 1440. The fraction of sp³-hybridized carbons (Fsp3) is 0.353. The van der Waals surface area contributed by atoms with Crippen molar-refractivity contribution in [2.75, 3.05) is 6.54 Å². The van der Waals surface area contributed by atoms with E-state index in [0.29, 0.717) is 19.4 Å². The Balaban J connectivity index is 1.44. The highest BCUT2D eigenvalue weighted by Crippen LogP contribution is 2.20. The predicted octanol–water partition coefficient (Wildman–Crippen LogP) is 1.56. The number of rotatable bonds is 14. The van der Waals surface area contributed by atoms with Crippen molar-refractivity contribution in [2.24, 2.45) is 11.5 Å². The number of phenolic OH excluding ortho intramolecular Hbond substituents is 1. The second-order valence-electron chi connectivity index (χ2n) is 11.3. The fourth-order valence-corrected chi connectivity index (χ4v) is 5.39. The van der Waals surface area contributed by atoms with Gasteiger partial charge in [-0.05, 0) is 55.0 Å². The monoisotopic (exact) mass is 615 g/mol. The van der Waals surface area contributed by atoms with Gasteiger partial charge >= 0.3 is 0 Å². The summed E-state index contributed by atoms with van der Waals surface area (Å²) in [7, 11) is 0. The molecular weight excluding hydrogens is 574 g/mol. The minimum atomic E-state index is -1.15. The van der Waals surface area contributed by atoms with E-state index in [4.69, 9.17) is 16.2 Å². The van der Waals surface area contributed by atoms with Gasteiger partial charge in [-0.15, -0.1) is 0 Å². The third kappa shape index (κ3) is 9.37. The number of nitrogens with two attached hydrogens (primary N) is 2. The first kappa shape index (κ1) is 33.2. The summed E-state index contributed by atoms with van der Waals surface area (Å²) >= 11 is 0. The van der Waals surface area contributed by atoms with E-state index in [1.165, 1.54) is 17.0 Å². The lowest BCUT2D eigenvalue weighted by Crippen LogP contribution is -2.59. The van der Waals surface area contributed by atoms with Crippen LogP contribution < -0.4 is 22.1 Å². The van der Waals surface area contributed by atoms with Crippen LogP contribution in [0.15, 0.2) is 84.9 Å². The lowest BCUT2D eigenvalue weighted by Gasteiger charge is -2.29. The molecule has 0 bridgehead atoms. The molecule has 0 spiro atoms. The van der Waals surface area contributed by atoms with Gasteiger partial charge in [0.1, 0.15) is 23.9 Å². The van der Waals surface area contributed by atoms with Crippen molar-refractivity contribution in [2.45, 2.75) is 69.5 Å². The van der Waals surface area contributed by atoms with Gasteiger partial charge in [-0.3, -0.25) is 19.2 Å². The zero-order valence-electron chi connectivity index (χ0n) is 25.3. The van der Waals surface area contributed by atoms with Crippen molar-refractivity contribution in [1.29, 1.82) is 0 Å². The minimum Gasteiger partial charge on any atom is -0.508 e. The van der Waals surface area contributed by atoms with E-state index in [-0.39, 0.29) is 31.1 Å². The van der Waals surface area contributed by atoms with E-state index in [9.17, 15) is 24.3 Å². The summed E-state index contributed by atoms with van der Waals surface area (Å²) in [5, 5.41) is 15.0. The third-order valence-corrected chi connectivity index (χ3v) is 7.89. The molecule has 0 radical (unpaired) electrons. The molecule has 0 unspecified atom stereocenters. The van der Waals surface area contributed by atoms with Gasteiger partial charge in [0.05, 0.1) is 18.8 Å². The van der Waals surface area contributed by atoms with Crippen molar-refractivity contribution in [3.05, 3.63) is 102 Å². The molecule has 1 aliphatic heterocycles. The summed E-state index contributed by atoms with van der Waals surface area (Å²) in [4.78, 5) is 54.5. The molecule has 4 amide bonds. The van der Waals surface area contributed by atoms with Crippen LogP contribution in [-0.4, -0.2) is 70.5 Å². The van der Waals surface area contributed by atoms with Crippen LogP contribution in [0.25, 0.3) is 0 Å². The Hall–Kier alpha value is -4.74. The molecule has 0 aliphatic carbocycles. The highest BCUT2D eigenvalue weighted by Gasteiger charge is 2.38. The number of primary amides is 1. The highest BCUT2D eigenvalue weighted by atomic mass is 16.5. The normalized spacial score (nSPS) is 17.1. The molecule has 3 aromatic carbocycles. The number of ether oxygens (including phenoxy) is 1. The molecule has 5 atom stereocenters. The number of hydrogen-bond acceptors (Lipinski definition) is 7. The summed E-state index contributed by atoms with van der Waals surface area (Å²) in [5.41, 5.74) is 14.4. The average Bonchev–Trinajstić information content (AvgIpc) is 3.54. The summed E-state index contributed by atoms with van der Waals surface area (Å²) in [6.07, 6.45) is 0.646. The van der Waals surface area contributed by atoms with E-state index >= 15 is 0 Å². The molecule has 0 aromatic heterocycles. The molecule has 11 heteroatoms. The molecule has 1 aliphatic rings. The first-order valence-corrected chi connectivity index (χ1v) is 15.1. The van der Waals surface area contributed by atoms with Crippen molar-refractivity contribution in [1.82, 2.24) is 15.5 Å². The molecule has 3 aromatic rings. The predicted molar refractivity (Wildman–Crippen MR) is 168 cm³/mol. The number of carbonyl (C=O) groups is 4. The van der Waals surface area contributed by atoms with Crippen molar-refractivity contribution in [3.63, 3.8) is 0 Å². The van der Waals surface area contributed by atoms with Gasteiger partial charge in [0.25, 0.3) is 0 Å². The number of phenols is 1. The molecule has 45 heavy (non-hydrogen) atoms. The van der Waals surface area contributed by atoms with Crippen LogP contribution in [0.2, 0.25) is 0 Å². The third-order valence-electron chi connectivity index (χ3n) is 7.89. The van der Waals surface area contributed by atoms with Gasteiger partial charge in [-0.1, -0.05) is 72.8 Å². The zero-order valence-corrected chi connectivity index (χ0v) is 25.3. The Morgan fingerprint density at radius 2 is 1.49 bits per heavy atom. The quantitative estimate of drug-likeness (QED) is 0.183. The maximum absolute atomic E-state index is 13.6. The minimum absolute atomic E-state index is 0.111. The Morgan fingerprint density at radius 1 is 0.889 bits per heavy atom. The number of hydrogen-bond donors (Lipinski definition) is 5. The second-order valence-corrected chi connectivity index (χ2v) is 11.3. The van der Waals surface area contributed by atoms with E-state index in [1.807, 2.05) is 60.7 Å². The number of carbonyl (C=O) groups excluding carboxylic acids is 4. The summed E-state index contributed by atoms with van der Waals surface area (Å²) < 4.78 is 5.85. The van der Waals surface area contributed by atoms with Crippen LogP contribution >= 0.6 is 0 Å². The number of nitrogens with zero attached hydrogens (tertiary/aromatic N) is 1. The second kappa shape index (κ2) is 15.8. The summed E-state index contributed by atoms with van der Waals surface area (Å²) in [6.45, 7) is 2.22. The number of likely N-dealkylation sites (tertiary alicyclic amines) is 1. The summed E-state index contributed by atoms with van der Waals surface area (Å²) in [6, 6.07) is 21.1. The van der Waals surface area contributed by atoms with Crippen LogP contribution in [0.5, 0.6) is 5.75 Å². The Morgan fingerprint density at radius 3 is 2.11 bits per heavy atom. The van der Waals surface area contributed by atoms with E-state index in [1.54, 1.807) is 19.1 Å². The maximum Gasteiger partial charge on any atom is 0.243 e. The molecule has 11 nitrogen and oxygen atoms in total. The van der Waals surface area contributed by atoms with Crippen LogP contribution in [0.3, 0.4) is 0 Å². The molecule has 0 saturated carbocycles. The number of aromatic hydroxyl groups is 1. The van der Waals surface area contributed by atoms with Crippen LogP contribution in [0, 0.1) is 0 Å². The van der Waals surface area contributed by atoms with Crippen molar-refractivity contribution >= 4 is 23.6 Å². The van der Waals surface area contributed by atoms with E-state index in [2.05, 4.69) is 10.6 Å². The molecule has 1 fully saturated rings. The Kier molecular flexibility index (Phi) is 11.7. The maximum atomic E-state index is 13.6. The molecule has 1 heterocycles. The van der Waals surface area contributed by atoms with Crippen LogP contribution in [0.4, 0.5) is 0 Å². The number of nitrogens with one attached hydrogen (secondary N) is 2. The SMILES string of the molecule is C[C@@H](OCc1ccccc1)[C@H](NC(=O)[C@H](Cc1ccccc1)NC(=O)[C@@H]1CCCN1C(=O)[C@@H](N)Cc1ccc(O)cc1)C(N)=O. The largest absolute Gasteiger partial charge is 0.508 e. The lowest BCUT2D eigenvalue weighted by atomic mass is 10.0. The van der Waals surface area contributed by atoms with Gasteiger partial charge < -0.3 is 36.8 Å². The molecule has 238 valence electrons.